The Morgan fingerprint density at radius 3 is 2.48 bits per heavy atom. The number of ether oxygens (including phenoxy) is 1. The fourth-order valence-electron chi connectivity index (χ4n) is 1.46. The quantitative estimate of drug-likeness (QED) is 0.488. The van der Waals surface area contributed by atoms with Crippen LogP contribution >= 0.6 is 15.9 Å². The molecule has 0 aliphatic heterocycles. The lowest BCUT2D eigenvalue weighted by molar-refractivity contribution is -0.137. The first-order chi connectivity index (χ1) is 9.79. The number of nitrogens with zero attached hydrogens (tertiary/aromatic N) is 1. The Labute approximate surface area is 125 Å². The molecule has 0 aliphatic rings. The van der Waals surface area contributed by atoms with Crippen molar-refractivity contribution in [2.45, 2.75) is 6.18 Å². The van der Waals surface area contributed by atoms with Crippen molar-refractivity contribution in [1.82, 2.24) is 4.98 Å². The number of nitrogens with one attached hydrogen (secondary N) is 1. The molecule has 2 rings (SSSR count). The van der Waals surface area contributed by atoms with Gasteiger partial charge in [-0.25, -0.2) is 10.2 Å². The molecular weight excluding hydrogens is 358 g/mol. The average molecular weight is 366 g/mol. The highest BCUT2D eigenvalue weighted by atomic mass is 79.9. The summed E-state index contributed by atoms with van der Waals surface area (Å²) in [5.41, 5.74) is 1.03. The van der Waals surface area contributed by atoms with Crippen LogP contribution in [0.2, 0.25) is 0 Å². The number of nitrogens with two attached hydrogens (primary N) is 1. The Bertz CT molecular complexity index is 663. The maximum absolute atomic E-state index is 13.3. The van der Waals surface area contributed by atoms with Gasteiger partial charge in [-0.2, -0.15) is 18.2 Å². The summed E-state index contributed by atoms with van der Waals surface area (Å²) in [6, 6.07) is 5.18. The molecule has 0 saturated carbocycles. The Balaban J connectivity index is 2.36. The number of hydrazine groups is 1. The van der Waals surface area contributed by atoms with E-state index in [-0.39, 0.29) is 21.9 Å². The predicted octanol–water partition coefficient (Wildman–Crippen LogP) is 4.08. The van der Waals surface area contributed by atoms with Crippen LogP contribution in [-0.2, 0) is 6.18 Å². The molecule has 112 valence electrons. The van der Waals surface area contributed by atoms with E-state index < -0.39 is 17.6 Å². The summed E-state index contributed by atoms with van der Waals surface area (Å²) >= 11 is 2.95. The Morgan fingerprint density at radius 2 is 1.90 bits per heavy atom. The van der Waals surface area contributed by atoms with Crippen molar-refractivity contribution in [3.63, 3.8) is 0 Å². The summed E-state index contributed by atoms with van der Waals surface area (Å²) in [6.45, 7) is 0. The highest BCUT2D eigenvalue weighted by Crippen LogP contribution is 2.34. The van der Waals surface area contributed by atoms with Gasteiger partial charge < -0.3 is 10.2 Å². The van der Waals surface area contributed by atoms with Gasteiger partial charge in [0, 0.05) is 12.1 Å². The van der Waals surface area contributed by atoms with Crippen LogP contribution in [0.3, 0.4) is 0 Å². The minimum Gasteiger partial charge on any atom is -0.439 e. The van der Waals surface area contributed by atoms with Crippen LogP contribution in [0.1, 0.15) is 5.56 Å². The second-order valence-corrected chi connectivity index (χ2v) is 4.75. The van der Waals surface area contributed by atoms with Gasteiger partial charge >= 0.3 is 6.18 Å². The molecule has 0 saturated heterocycles. The van der Waals surface area contributed by atoms with Crippen LogP contribution in [-0.4, -0.2) is 4.98 Å². The second kappa shape index (κ2) is 5.86. The van der Waals surface area contributed by atoms with E-state index in [9.17, 15) is 17.6 Å². The summed E-state index contributed by atoms with van der Waals surface area (Å²) in [7, 11) is 0. The van der Waals surface area contributed by atoms with E-state index in [2.05, 4.69) is 20.9 Å². The smallest absolute Gasteiger partial charge is 0.416 e. The summed E-state index contributed by atoms with van der Waals surface area (Å²) in [4.78, 5) is 3.72. The monoisotopic (exact) mass is 365 g/mol. The lowest BCUT2D eigenvalue weighted by atomic mass is 10.2. The van der Waals surface area contributed by atoms with Crippen molar-refractivity contribution in [3.8, 4) is 11.6 Å². The molecule has 2 aromatic rings. The van der Waals surface area contributed by atoms with Gasteiger partial charge in [0.25, 0.3) is 0 Å². The van der Waals surface area contributed by atoms with E-state index in [1.165, 1.54) is 12.1 Å². The highest BCUT2D eigenvalue weighted by molar-refractivity contribution is 9.10. The van der Waals surface area contributed by atoms with Crippen LogP contribution in [0.5, 0.6) is 11.6 Å². The van der Waals surface area contributed by atoms with Crippen LogP contribution < -0.4 is 16.0 Å². The van der Waals surface area contributed by atoms with E-state index in [1.54, 1.807) is 0 Å². The average Bonchev–Trinajstić information content (AvgIpc) is 2.41. The minimum atomic E-state index is -4.59. The number of anilines is 1. The van der Waals surface area contributed by atoms with Gasteiger partial charge in [0.05, 0.1) is 10.0 Å². The third-order valence-corrected chi connectivity index (χ3v) is 3.03. The van der Waals surface area contributed by atoms with E-state index in [1.807, 2.05) is 5.43 Å². The Morgan fingerprint density at radius 1 is 1.19 bits per heavy atom. The first-order valence-electron chi connectivity index (χ1n) is 5.48. The Kier molecular flexibility index (Phi) is 4.33. The molecule has 1 aromatic heterocycles. The highest BCUT2D eigenvalue weighted by Gasteiger charge is 2.32. The number of alkyl halides is 3. The zero-order valence-electron chi connectivity index (χ0n) is 10.2. The molecule has 0 spiro atoms. The van der Waals surface area contributed by atoms with Gasteiger partial charge in [-0.1, -0.05) is 0 Å². The molecule has 21 heavy (non-hydrogen) atoms. The van der Waals surface area contributed by atoms with Crippen molar-refractivity contribution >= 4 is 21.7 Å². The molecule has 1 aromatic carbocycles. The number of hydrogen-bond acceptors (Lipinski definition) is 4. The molecule has 0 aliphatic carbocycles. The van der Waals surface area contributed by atoms with E-state index in [0.29, 0.717) is 6.07 Å². The Hall–Kier alpha value is -1.87. The van der Waals surface area contributed by atoms with Crippen molar-refractivity contribution in [1.29, 1.82) is 0 Å². The summed E-state index contributed by atoms with van der Waals surface area (Å²) in [5, 5.41) is 0. The molecule has 9 heteroatoms. The third kappa shape index (κ3) is 3.82. The maximum Gasteiger partial charge on any atom is 0.416 e. The zero-order valence-corrected chi connectivity index (χ0v) is 11.8. The SMILES string of the molecule is NNc1cc(C(F)(F)F)cc(Oc2ccc(Br)c(F)c2)n1. The molecular formula is C12H8BrF4N3O. The van der Waals surface area contributed by atoms with Gasteiger partial charge in [0.2, 0.25) is 5.88 Å². The molecule has 4 nitrogen and oxygen atoms in total. The van der Waals surface area contributed by atoms with Gasteiger partial charge in [0.15, 0.2) is 0 Å². The van der Waals surface area contributed by atoms with Crippen LogP contribution in [0.15, 0.2) is 34.8 Å². The summed E-state index contributed by atoms with van der Waals surface area (Å²) < 4.78 is 56.8. The van der Waals surface area contributed by atoms with E-state index in [0.717, 1.165) is 12.1 Å². The first kappa shape index (κ1) is 15.5. The van der Waals surface area contributed by atoms with Crippen molar-refractivity contribution in [3.05, 3.63) is 46.2 Å². The number of pyridine rings is 1. The second-order valence-electron chi connectivity index (χ2n) is 3.90. The largest absolute Gasteiger partial charge is 0.439 e. The third-order valence-electron chi connectivity index (χ3n) is 2.39. The van der Waals surface area contributed by atoms with Crippen molar-refractivity contribution < 1.29 is 22.3 Å². The molecule has 0 fully saturated rings. The van der Waals surface area contributed by atoms with E-state index >= 15 is 0 Å². The van der Waals surface area contributed by atoms with Crippen LogP contribution in [0.4, 0.5) is 23.4 Å². The maximum atomic E-state index is 13.3. The number of hydrogen-bond donors (Lipinski definition) is 2. The molecule has 1 heterocycles. The van der Waals surface area contributed by atoms with Crippen molar-refractivity contribution in [2.75, 3.05) is 5.43 Å². The number of benzene rings is 1. The number of aromatic nitrogens is 1. The normalized spacial score (nSPS) is 11.3. The molecule has 3 N–H and O–H groups in total. The van der Waals surface area contributed by atoms with Gasteiger partial charge in [0.1, 0.15) is 17.4 Å². The van der Waals surface area contributed by atoms with Gasteiger partial charge in [-0.3, -0.25) is 0 Å². The summed E-state index contributed by atoms with van der Waals surface area (Å²) in [6.07, 6.45) is -4.59. The lowest BCUT2D eigenvalue weighted by Crippen LogP contribution is -2.12. The zero-order chi connectivity index (χ0) is 15.6. The van der Waals surface area contributed by atoms with Crippen molar-refractivity contribution in [2.24, 2.45) is 5.84 Å². The molecule has 0 atom stereocenters. The fraction of sp³-hybridized carbons (Fsp3) is 0.0833. The van der Waals surface area contributed by atoms with E-state index in [4.69, 9.17) is 10.6 Å². The molecule has 0 amide bonds. The summed E-state index contributed by atoms with van der Waals surface area (Å²) in [5.74, 6) is 3.87. The number of nitrogen functional groups attached to an aromatic ring is 1. The lowest BCUT2D eigenvalue weighted by Gasteiger charge is -2.12. The first-order valence-corrected chi connectivity index (χ1v) is 6.27. The number of rotatable bonds is 3. The van der Waals surface area contributed by atoms with Gasteiger partial charge in [-0.15, -0.1) is 0 Å². The molecule has 0 radical (unpaired) electrons. The molecule has 0 bridgehead atoms. The van der Waals surface area contributed by atoms with Crippen LogP contribution in [0.25, 0.3) is 0 Å². The number of halogens is 5. The minimum absolute atomic E-state index is 0.00509. The predicted molar refractivity (Wildman–Crippen MR) is 71.2 cm³/mol. The standard InChI is InChI=1S/C12H8BrF4N3O/c13-8-2-1-7(5-9(8)14)21-11-4-6(12(15,16)17)3-10(19-11)20-18/h1-5H,18H2,(H,19,20). The topological polar surface area (TPSA) is 60.2 Å². The molecule has 0 unspecified atom stereocenters. The van der Waals surface area contributed by atoms with Gasteiger partial charge in [-0.05, 0) is 34.1 Å². The van der Waals surface area contributed by atoms with Crippen LogP contribution in [0, 0.1) is 5.82 Å². The fourth-order valence-corrected chi connectivity index (χ4v) is 1.70.